The molecule has 4 aliphatic rings. The van der Waals surface area contributed by atoms with Gasteiger partial charge in [-0.1, -0.05) is 0 Å². The van der Waals surface area contributed by atoms with Crippen LogP contribution in [0, 0.1) is 0 Å². The SMILES string of the molecule is C[N+]12OC3CC1C1OC1C2C3.[Br-]. The number of nitrogens with zero attached hydrogens (tertiary/aromatic N) is 1. The Morgan fingerprint density at radius 3 is 2.17 bits per heavy atom. The summed E-state index contributed by atoms with van der Waals surface area (Å²) < 4.78 is 6.48. The van der Waals surface area contributed by atoms with Crippen LogP contribution >= 0.6 is 0 Å². The maximum absolute atomic E-state index is 5.91. The molecule has 4 fully saturated rings. The first-order valence-electron chi connectivity index (χ1n) is 4.49. The number of ether oxygens (including phenoxy) is 1. The predicted octanol–water partition coefficient (Wildman–Crippen LogP) is -2.94. The third kappa shape index (κ3) is 0.586. The topological polar surface area (TPSA) is 21.8 Å². The number of quaternary nitrogens is 1. The summed E-state index contributed by atoms with van der Waals surface area (Å²) in [4.78, 5) is 5.91. The molecular formula is C8H12BrNO2. The average molecular weight is 234 g/mol. The quantitative estimate of drug-likeness (QED) is 0.330. The molecule has 0 spiro atoms. The van der Waals surface area contributed by atoms with Crippen LogP contribution in [0.25, 0.3) is 0 Å². The van der Waals surface area contributed by atoms with E-state index in [2.05, 4.69) is 7.05 Å². The van der Waals surface area contributed by atoms with Crippen LogP contribution in [0.5, 0.6) is 0 Å². The number of fused-ring (bicyclic) bond motifs is 4. The molecule has 0 saturated carbocycles. The number of halogens is 1. The molecule has 4 unspecified atom stereocenters. The minimum absolute atomic E-state index is 0. The number of hydroxylamine groups is 3. The van der Waals surface area contributed by atoms with Gasteiger partial charge in [0.1, 0.15) is 18.3 Å². The molecule has 4 rings (SSSR count). The van der Waals surface area contributed by atoms with Crippen molar-refractivity contribution in [3.63, 3.8) is 0 Å². The Balaban J connectivity index is 0.000000490. The van der Waals surface area contributed by atoms with Crippen LogP contribution in [-0.4, -0.2) is 42.1 Å². The molecule has 0 aliphatic carbocycles. The van der Waals surface area contributed by atoms with Gasteiger partial charge in [-0.3, -0.25) is 0 Å². The standard InChI is InChI=1S/C8H12NO2.BrH/c1-9-5-2-4(11-9)3-6(9)8-7(5)10-8;/h4-8H,2-3H2,1H3;1H/q+1;/p-1. The zero-order chi connectivity index (χ0) is 7.22. The van der Waals surface area contributed by atoms with Crippen LogP contribution in [0.4, 0.5) is 0 Å². The summed E-state index contributed by atoms with van der Waals surface area (Å²) in [6, 6.07) is 1.37. The van der Waals surface area contributed by atoms with E-state index < -0.39 is 0 Å². The highest BCUT2D eigenvalue weighted by molar-refractivity contribution is 5.09. The lowest BCUT2D eigenvalue weighted by Crippen LogP contribution is -3.00. The van der Waals surface area contributed by atoms with Crippen molar-refractivity contribution >= 4 is 0 Å². The molecular weight excluding hydrogens is 222 g/mol. The van der Waals surface area contributed by atoms with Crippen molar-refractivity contribution in [3.8, 4) is 0 Å². The van der Waals surface area contributed by atoms with E-state index in [4.69, 9.17) is 9.57 Å². The van der Waals surface area contributed by atoms with Gasteiger partial charge in [0.15, 0.2) is 12.1 Å². The summed E-state index contributed by atoms with van der Waals surface area (Å²) in [5.74, 6) is 0. The van der Waals surface area contributed by atoms with Crippen LogP contribution in [0.3, 0.4) is 0 Å². The van der Waals surface area contributed by atoms with Gasteiger partial charge in [-0.05, 0) is 0 Å². The van der Waals surface area contributed by atoms with Crippen molar-refractivity contribution in [2.45, 2.75) is 43.2 Å². The summed E-state index contributed by atoms with van der Waals surface area (Å²) in [5, 5.41) is 0. The fourth-order valence-corrected chi connectivity index (χ4v) is 3.47. The second-order valence-electron chi connectivity index (χ2n) is 4.46. The predicted molar refractivity (Wildman–Crippen MR) is 36.5 cm³/mol. The average Bonchev–Trinajstić information content (AvgIpc) is 2.52. The fourth-order valence-electron chi connectivity index (χ4n) is 3.47. The highest BCUT2D eigenvalue weighted by Gasteiger charge is 2.78. The Kier molecular flexibility index (Phi) is 1.22. The Labute approximate surface area is 81.9 Å². The van der Waals surface area contributed by atoms with Crippen LogP contribution < -0.4 is 17.0 Å². The Bertz CT molecular complexity index is 229. The van der Waals surface area contributed by atoms with E-state index in [-0.39, 0.29) is 17.0 Å². The fraction of sp³-hybridized carbons (Fsp3) is 1.00. The van der Waals surface area contributed by atoms with E-state index in [9.17, 15) is 0 Å². The molecule has 3 nitrogen and oxygen atoms in total. The second-order valence-corrected chi connectivity index (χ2v) is 4.46. The van der Waals surface area contributed by atoms with E-state index in [1.54, 1.807) is 0 Å². The number of likely N-dealkylation sites (N-methyl/N-ethyl adjacent to an activating group) is 1. The monoisotopic (exact) mass is 233 g/mol. The molecule has 0 aromatic carbocycles. The van der Waals surface area contributed by atoms with Crippen LogP contribution in [0.1, 0.15) is 12.8 Å². The zero-order valence-electron chi connectivity index (χ0n) is 6.94. The number of epoxide rings is 1. The normalized spacial score (nSPS) is 69.2. The third-order valence-electron chi connectivity index (χ3n) is 4.02. The smallest absolute Gasteiger partial charge is 0.151 e. The lowest BCUT2D eigenvalue weighted by atomic mass is 10.0. The second kappa shape index (κ2) is 1.90. The molecule has 4 heterocycles. The van der Waals surface area contributed by atoms with Gasteiger partial charge in [-0.15, -0.1) is 0 Å². The molecule has 0 aromatic rings. The van der Waals surface area contributed by atoms with Gasteiger partial charge in [-0.2, -0.15) is 9.48 Å². The summed E-state index contributed by atoms with van der Waals surface area (Å²) in [6.07, 6.45) is 4.18. The van der Waals surface area contributed by atoms with E-state index in [1.165, 1.54) is 12.8 Å². The third-order valence-corrected chi connectivity index (χ3v) is 4.02. The van der Waals surface area contributed by atoms with Gasteiger partial charge < -0.3 is 21.7 Å². The van der Waals surface area contributed by atoms with Crippen LogP contribution in [0.15, 0.2) is 0 Å². The van der Waals surface area contributed by atoms with Crippen molar-refractivity contribution in [1.29, 1.82) is 0 Å². The summed E-state index contributed by atoms with van der Waals surface area (Å²) in [5.41, 5.74) is 0. The molecule has 68 valence electrons. The number of piperidine rings is 1. The molecule has 4 aliphatic heterocycles. The minimum atomic E-state index is 0. The van der Waals surface area contributed by atoms with Crippen molar-refractivity contribution in [2.24, 2.45) is 0 Å². The highest BCUT2D eigenvalue weighted by atomic mass is 79.9. The van der Waals surface area contributed by atoms with Crippen LogP contribution in [-0.2, 0) is 9.57 Å². The first kappa shape index (κ1) is 7.74. The first-order chi connectivity index (χ1) is 5.29. The lowest BCUT2D eigenvalue weighted by Gasteiger charge is -2.30. The molecule has 12 heavy (non-hydrogen) atoms. The molecule has 0 N–H and O–H groups in total. The largest absolute Gasteiger partial charge is 1.00 e. The summed E-state index contributed by atoms with van der Waals surface area (Å²) in [7, 11) is 2.23. The van der Waals surface area contributed by atoms with E-state index in [1.807, 2.05) is 0 Å². The number of hydrogen-bond acceptors (Lipinski definition) is 2. The van der Waals surface area contributed by atoms with E-state index >= 15 is 0 Å². The Hall–Kier alpha value is 0.360. The van der Waals surface area contributed by atoms with Crippen LogP contribution in [0.2, 0.25) is 0 Å². The van der Waals surface area contributed by atoms with Crippen molar-refractivity contribution in [1.82, 2.24) is 0 Å². The zero-order valence-corrected chi connectivity index (χ0v) is 8.53. The maximum Gasteiger partial charge on any atom is 0.151 e. The molecule has 0 amide bonds. The molecule has 4 saturated heterocycles. The number of rotatable bonds is 0. The van der Waals surface area contributed by atoms with Gasteiger partial charge in [0.2, 0.25) is 0 Å². The molecule has 2 bridgehead atoms. The van der Waals surface area contributed by atoms with Crippen molar-refractivity contribution < 1.29 is 31.2 Å². The lowest BCUT2D eigenvalue weighted by molar-refractivity contribution is -1.09. The maximum atomic E-state index is 5.91. The number of morpholine rings is 1. The Morgan fingerprint density at radius 1 is 1.17 bits per heavy atom. The van der Waals surface area contributed by atoms with Gasteiger partial charge in [0.25, 0.3) is 0 Å². The summed E-state index contributed by atoms with van der Waals surface area (Å²) in [6.45, 7) is 0. The first-order valence-corrected chi connectivity index (χ1v) is 4.49. The molecule has 4 heteroatoms. The Morgan fingerprint density at radius 2 is 1.75 bits per heavy atom. The van der Waals surface area contributed by atoms with Crippen molar-refractivity contribution in [3.05, 3.63) is 0 Å². The van der Waals surface area contributed by atoms with Gasteiger partial charge in [0, 0.05) is 12.8 Å². The van der Waals surface area contributed by atoms with E-state index in [0.29, 0.717) is 30.4 Å². The summed E-state index contributed by atoms with van der Waals surface area (Å²) >= 11 is 0. The molecule has 4 atom stereocenters. The molecule has 0 radical (unpaired) electrons. The van der Waals surface area contributed by atoms with Gasteiger partial charge >= 0.3 is 0 Å². The number of hydrogen-bond donors (Lipinski definition) is 0. The molecule has 0 aromatic heterocycles. The van der Waals surface area contributed by atoms with Gasteiger partial charge in [-0.25, -0.2) is 0 Å². The minimum Gasteiger partial charge on any atom is -1.00 e. The highest BCUT2D eigenvalue weighted by Crippen LogP contribution is 2.58. The van der Waals surface area contributed by atoms with E-state index in [0.717, 1.165) is 4.65 Å². The van der Waals surface area contributed by atoms with Crippen molar-refractivity contribution in [2.75, 3.05) is 7.05 Å². The van der Waals surface area contributed by atoms with Gasteiger partial charge in [0.05, 0.1) is 7.05 Å².